The minimum Gasteiger partial charge on any atom is -0.391 e. The van der Waals surface area contributed by atoms with Crippen LogP contribution in [0.3, 0.4) is 0 Å². The standard InChI is InChI=1S/C12H18ClN3O/c1-12(2)3-5-16(6-4-12)11-9(7-17)10(13)14-8-15-11/h8,17H,3-7H2,1-2H3. The van der Waals surface area contributed by atoms with E-state index in [1.807, 2.05) is 0 Å². The first kappa shape index (κ1) is 12.6. The van der Waals surface area contributed by atoms with Crippen LogP contribution in [-0.4, -0.2) is 28.2 Å². The Balaban J connectivity index is 2.21. The number of hydrogen-bond acceptors (Lipinski definition) is 4. The van der Waals surface area contributed by atoms with Gasteiger partial charge in [-0.3, -0.25) is 0 Å². The van der Waals surface area contributed by atoms with Crippen LogP contribution in [0.4, 0.5) is 5.82 Å². The topological polar surface area (TPSA) is 49.2 Å². The summed E-state index contributed by atoms with van der Waals surface area (Å²) in [7, 11) is 0. The van der Waals surface area contributed by atoms with Crippen LogP contribution in [0, 0.1) is 5.41 Å². The van der Waals surface area contributed by atoms with Gasteiger partial charge in [-0.2, -0.15) is 0 Å². The Morgan fingerprint density at radius 1 is 1.35 bits per heavy atom. The number of rotatable bonds is 2. The molecular formula is C12H18ClN3O. The number of aliphatic hydroxyl groups is 1. The second kappa shape index (κ2) is 4.78. The van der Waals surface area contributed by atoms with Gasteiger partial charge in [-0.15, -0.1) is 0 Å². The van der Waals surface area contributed by atoms with Gasteiger partial charge in [-0.25, -0.2) is 9.97 Å². The van der Waals surface area contributed by atoms with Gasteiger partial charge in [0, 0.05) is 13.1 Å². The first-order chi connectivity index (χ1) is 8.03. The van der Waals surface area contributed by atoms with Crippen molar-refractivity contribution in [3.63, 3.8) is 0 Å². The largest absolute Gasteiger partial charge is 0.391 e. The molecule has 4 nitrogen and oxygen atoms in total. The number of aromatic nitrogens is 2. The van der Waals surface area contributed by atoms with Gasteiger partial charge in [-0.05, 0) is 18.3 Å². The molecule has 1 fully saturated rings. The number of piperidine rings is 1. The average molecular weight is 256 g/mol. The Labute approximate surface area is 107 Å². The van der Waals surface area contributed by atoms with Crippen molar-refractivity contribution in [2.45, 2.75) is 33.3 Å². The molecule has 0 aliphatic carbocycles. The molecule has 0 amide bonds. The lowest BCUT2D eigenvalue weighted by Gasteiger charge is -2.38. The maximum Gasteiger partial charge on any atom is 0.140 e. The molecule has 0 atom stereocenters. The molecule has 1 saturated heterocycles. The lowest BCUT2D eigenvalue weighted by Crippen LogP contribution is -2.38. The molecule has 0 bridgehead atoms. The molecule has 2 rings (SSSR count). The third-order valence-corrected chi connectivity index (χ3v) is 3.77. The van der Waals surface area contributed by atoms with Gasteiger partial charge in [0.2, 0.25) is 0 Å². The number of nitrogens with zero attached hydrogens (tertiary/aromatic N) is 3. The third kappa shape index (κ3) is 2.69. The highest BCUT2D eigenvalue weighted by Gasteiger charge is 2.27. The van der Waals surface area contributed by atoms with E-state index in [9.17, 15) is 5.11 Å². The number of anilines is 1. The Hall–Kier alpha value is -0.870. The van der Waals surface area contributed by atoms with Gasteiger partial charge < -0.3 is 10.0 Å². The maximum absolute atomic E-state index is 9.34. The smallest absolute Gasteiger partial charge is 0.140 e. The van der Waals surface area contributed by atoms with Crippen molar-refractivity contribution in [2.75, 3.05) is 18.0 Å². The van der Waals surface area contributed by atoms with Gasteiger partial charge in [-0.1, -0.05) is 25.4 Å². The molecular weight excluding hydrogens is 238 g/mol. The fourth-order valence-corrected chi connectivity index (χ4v) is 2.30. The molecule has 1 aliphatic rings. The molecule has 2 heterocycles. The Bertz CT molecular complexity index is 399. The molecule has 0 saturated carbocycles. The van der Waals surface area contributed by atoms with Crippen LogP contribution in [0.2, 0.25) is 5.15 Å². The van der Waals surface area contributed by atoms with E-state index >= 15 is 0 Å². The van der Waals surface area contributed by atoms with E-state index in [-0.39, 0.29) is 6.61 Å². The van der Waals surface area contributed by atoms with Crippen molar-refractivity contribution in [2.24, 2.45) is 5.41 Å². The zero-order chi connectivity index (χ0) is 12.5. The molecule has 94 valence electrons. The Morgan fingerprint density at radius 2 is 2.00 bits per heavy atom. The van der Waals surface area contributed by atoms with Crippen LogP contribution in [-0.2, 0) is 6.61 Å². The summed E-state index contributed by atoms with van der Waals surface area (Å²) in [5.74, 6) is 0.781. The summed E-state index contributed by atoms with van der Waals surface area (Å²) in [5.41, 5.74) is 1.03. The van der Waals surface area contributed by atoms with E-state index in [4.69, 9.17) is 11.6 Å². The highest BCUT2D eigenvalue weighted by atomic mass is 35.5. The molecule has 1 aromatic rings. The van der Waals surface area contributed by atoms with Crippen LogP contribution in [0.5, 0.6) is 0 Å². The van der Waals surface area contributed by atoms with E-state index < -0.39 is 0 Å². The summed E-state index contributed by atoms with van der Waals surface area (Å²) in [5, 5.41) is 9.69. The lowest BCUT2D eigenvalue weighted by molar-refractivity contribution is 0.271. The molecule has 1 aromatic heterocycles. The first-order valence-corrected chi connectivity index (χ1v) is 6.26. The van der Waals surface area contributed by atoms with Crippen LogP contribution in [0.1, 0.15) is 32.3 Å². The zero-order valence-electron chi connectivity index (χ0n) is 10.3. The van der Waals surface area contributed by atoms with Gasteiger partial charge in [0.05, 0.1) is 12.2 Å². The van der Waals surface area contributed by atoms with E-state index in [0.29, 0.717) is 16.1 Å². The maximum atomic E-state index is 9.34. The molecule has 0 spiro atoms. The van der Waals surface area contributed by atoms with Crippen LogP contribution >= 0.6 is 11.6 Å². The number of halogens is 1. The summed E-state index contributed by atoms with van der Waals surface area (Å²) in [6, 6.07) is 0. The summed E-state index contributed by atoms with van der Waals surface area (Å²) in [4.78, 5) is 10.3. The Kier molecular flexibility index (Phi) is 3.54. The summed E-state index contributed by atoms with van der Waals surface area (Å²) >= 11 is 5.97. The van der Waals surface area contributed by atoms with Gasteiger partial charge in [0.1, 0.15) is 17.3 Å². The van der Waals surface area contributed by atoms with Crippen molar-refractivity contribution in [1.82, 2.24) is 9.97 Å². The molecule has 17 heavy (non-hydrogen) atoms. The molecule has 1 aliphatic heterocycles. The van der Waals surface area contributed by atoms with E-state index in [2.05, 4.69) is 28.7 Å². The summed E-state index contributed by atoms with van der Waals surface area (Å²) < 4.78 is 0. The molecule has 0 aromatic carbocycles. The normalized spacial score (nSPS) is 19.4. The molecule has 0 radical (unpaired) electrons. The summed E-state index contributed by atoms with van der Waals surface area (Å²) in [6.07, 6.45) is 3.70. The molecule has 1 N–H and O–H groups in total. The van der Waals surface area contributed by atoms with E-state index in [1.165, 1.54) is 6.33 Å². The second-order valence-corrected chi connectivity index (χ2v) is 5.63. The van der Waals surface area contributed by atoms with Crippen molar-refractivity contribution in [3.8, 4) is 0 Å². The SMILES string of the molecule is CC1(C)CCN(c2ncnc(Cl)c2CO)CC1. The quantitative estimate of drug-likeness (QED) is 0.824. The van der Waals surface area contributed by atoms with Crippen molar-refractivity contribution >= 4 is 17.4 Å². The molecule has 0 unspecified atom stereocenters. The van der Waals surface area contributed by atoms with Crippen molar-refractivity contribution < 1.29 is 5.11 Å². The lowest BCUT2D eigenvalue weighted by atomic mass is 9.82. The van der Waals surface area contributed by atoms with Gasteiger partial charge in [0.25, 0.3) is 0 Å². The van der Waals surface area contributed by atoms with Crippen LogP contribution < -0.4 is 4.90 Å². The summed E-state index contributed by atoms with van der Waals surface area (Å²) in [6.45, 7) is 6.35. The number of hydrogen-bond donors (Lipinski definition) is 1. The van der Waals surface area contributed by atoms with Crippen LogP contribution in [0.25, 0.3) is 0 Å². The van der Waals surface area contributed by atoms with E-state index in [0.717, 1.165) is 31.7 Å². The van der Waals surface area contributed by atoms with Crippen LogP contribution in [0.15, 0.2) is 6.33 Å². The predicted octanol–water partition coefficient (Wildman–Crippen LogP) is 2.25. The predicted molar refractivity (Wildman–Crippen MR) is 68.2 cm³/mol. The zero-order valence-corrected chi connectivity index (χ0v) is 11.0. The fourth-order valence-electron chi connectivity index (χ4n) is 2.11. The van der Waals surface area contributed by atoms with Crippen molar-refractivity contribution in [1.29, 1.82) is 0 Å². The average Bonchev–Trinajstić information content (AvgIpc) is 2.29. The minimum atomic E-state index is -0.116. The highest BCUT2D eigenvalue weighted by molar-refractivity contribution is 6.30. The highest BCUT2D eigenvalue weighted by Crippen LogP contribution is 2.33. The van der Waals surface area contributed by atoms with Gasteiger partial charge >= 0.3 is 0 Å². The fraction of sp³-hybridized carbons (Fsp3) is 0.667. The Morgan fingerprint density at radius 3 is 2.59 bits per heavy atom. The first-order valence-electron chi connectivity index (χ1n) is 5.89. The van der Waals surface area contributed by atoms with Gasteiger partial charge in [0.15, 0.2) is 0 Å². The second-order valence-electron chi connectivity index (χ2n) is 5.28. The number of aliphatic hydroxyl groups excluding tert-OH is 1. The van der Waals surface area contributed by atoms with Crippen molar-refractivity contribution in [3.05, 3.63) is 17.0 Å². The monoisotopic (exact) mass is 255 g/mol. The van der Waals surface area contributed by atoms with E-state index in [1.54, 1.807) is 0 Å². The molecule has 5 heteroatoms. The third-order valence-electron chi connectivity index (χ3n) is 3.44. The minimum absolute atomic E-state index is 0.116.